The molecule has 2 heterocycles. The van der Waals surface area contributed by atoms with Crippen LogP contribution in [0.3, 0.4) is 0 Å². The van der Waals surface area contributed by atoms with Crippen LogP contribution in [0.5, 0.6) is 0 Å². The number of rotatable bonds is 4. The van der Waals surface area contributed by atoms with Crippen molar-refractivity contribution in [2.45, 2.75) is 31.3 Å². The van der Waals surface area contributed by atoms with Crippen LogP contribution >= 0.6 is 11.8 Å². The highest BCUT2D eigenvalue weighted by molar-refractivity contribution is 7.99. The fourth-order valence-corrected chi connectivity index (χ4v) is 4.47. The molecule has 2 N–H and O–H groups in total. The minimum atomic E-state index is -1.06. The number of carboxylic acids is 1. The quantitative estimate of drug-likeness (QED) is 0.871. The first-order valence-electron chi connectivity index (χ1n) is 7.48. The van der Waals surface area contributed by atoms with Crippen LogP contribution in [0.2, 0.25) is 0 Å². The molecule has 3 rings (SSSR count). The molecular formula is C16H18N2O4S. The van der Waals surface area contributed by atoms with Gasteiger partial charge in [-0.1, -0.05) is 32.0 Å². The van der Waals surface area contributed by atoms with Gasteiger partial charge in [0.25, 0.3) is 5.91 Å². The first kappa shape index (κ1) is 15.9. The van der Waals surface area contributed by atoms with E-state index >= 15 is 0 Å². The second kappa shape index (κ2) is 5.88. The van der Waals surface area contributed by atoms with Gasteiger partial charge >= 0.3 is 5.97 Å². The Kier molecular flexibility index (Phi) is 4.06. The Morgan fingerprint density at radius 1 is 1.35 bits per heavy atom. The Morgan fingerprint density at radius 3 is 2.70 bits per heavy atom. The molecule has 122 valence electrons. The van der Waals surface area contributed by atoms with Crippen LogP contribution in [0.25, 0.3) is 0 Å². The largest absolute Gasteiger partial charge is 0.480 e. The molecule has 0 radical (unpaired) electrons. The van der Waals surface area contributed by atoms with Crippen LogP contribution in [0.15, 0.2) is 24.3 Å². The van der Waals surface area contributed by atoms with Crippen LogP contribution < -0.4 is 5.32 Å². The minimum absolute atomic E-state index is 0.156. The zero-order chi connectivity index (χ0) is 16.7. The standard InChI is InChI=1S/C16H18N2O4S/c1-8(2)12(16(21)22)17-13(19)11-7-23-15-10-6-4-3-5-9(10)14(20)18(11)15/h3-6,8,11-12,15H,7H2,1-2H3,(H,17,19)(H,21,22)/t11-,12+,15-/m1/s1. The van der Waals surface area contributed by atoms with Crippen molar-refractivity contribution in [3.05, 3.63) is 35.4 Å². The van der Waals surface area contributed by atoms with E-state index in [4.69, 9.17) is 0 Å². The van der Waals surface area contributed by atoms with Crippen LogP contribution in [0, 0.1) is 5.92 Å². The number of amides is 2. The topological polar surface area (TPSA) is 86.7 Å². The summed E-state index contributed by atoms with van der Waals surface area (Å²) in [6, 6.07) is 5.76. The van der Waals surface area contributed by atoms with Gasteiger partial charge in [0.15, 0.2) is 0 Å². The molecule has 1 fully saturated rings. The number of thioether (sulfide) groups is 1. The molecule has 3 atom stereocenters. The Balaban J connectivity index is 1.80. The maximum absolute atomic E-state index is 12.6. The van der Waals surface area contributed by atoms with Gasteiger partial charge in [-0.05, 0) is 17.5 Å². The maximum Gasteiger partial charge on any atom is 0.326 e. The average molecular weight is 334 g/mol. The second-order valence-electron chi connectivity index (χ2n) is 6.07. The summed E-state index contributed by atoms with van der Waals surface area (Å²) in [6.07, 6.45) is 0. The molecule has 6 nitrogen and oxygen atoms in total. The van der Waals surface area contributed by atoms with Crippen molar-refractivity contribution in [1.29, 1.82) is 0 Å². The lowest BCUT2D eigenvalue weighted by molar-refractivity contribution is -0.143. The minimum Gasteiger partial charge on any atom is -0.480 e. The molecule has 0 spiro atoms. The average Bonchev–Trinajstić information content (AvgIpc) is 3.05. The molecule has 0 saturated carbocycles. The number of carboxylic acid groups (broad SMARTS) is 1. The van der Waals surface area contributed by atoms with E-state index in [0.29, 0.717) is 11.3 Å². The Morgan fingerprint density at radius 2 is 2.04 bits per heavy atom. The van der Waals surface area contributed by atoms with Crippen LogP contribution in [0.1, 0.15) is 35.1 Å². The van der Waals surface area contributed by atoms with Gasteiger partial charge in [-0.3, -0.25) is 9.59 Å². The Labute approximate surface area is 138 Å². The van der Waals surface area contributed by atoms with E-state index in [1.165, 1.54) is 11.8 Å². The maximum atomic E-state index is 12.6. The first-order valence-corrected chi connectivity index (χ1v) is 8.53. The summed E-state index contributed by atoms with van der Waals surface area (Å²) < 4.78 is 0. The Bertz CT molecular complexity index is 676. The van der Waals surface area contributed by atoms with Gasteiger partial charge < -0.3 is 15.3 Å². The van der Waals surface area contributed by atoms with Crippen LogP contribution in [0.4, 0.5) is 0 Å². The number of nitrogens with one attached hydrogen (secondary N) is 1. The summed E-state index contributed by atoms with van der Waals surface area (Å²) in [6.45, 7) is 3.48. The molecule has 2 aliphatic heterocycles. The predicted octanol–water partition coefficient (Wildman–Crippen LogP) is 1.48. The molecule has 0 aliphatic carbocycles. The number of hydrogen-bond acceptors (Lipinski definition) is 4. The lowest BCUT2D eigenvalue weighted by atomic mass is 10.0. The molecule has 0 bridgehead atoms. The number of carbonyl (C=O) groups is 3. The van der Waals surface area contributed by atoms with Crippen molar-refractivity contribution in [1.82, 2.24) is 10.2 Å². The van der Waals surface area contributed by atoms with E-state index in [1.807, 2.05) is 12.1 Å². The molecule has 2 aliphatic rings. The van der Waals surface area contributed by atoms with Crippen LogP contribution in [-0.2, 0) is 9.59 Å². The predicted molar refractivity (Wildman–Crippen MR) is 86.0 cm³/mol. The zero-order valence-electron chi connectivity index (χ0n) is 12.9. The molecule has 7 heteroatoms. The molecule has 0 aromatic heterocycles. The van der Waals surface area contributed by atoms with Gasteiger partial charge in [-0.25, -0.2) is 4.79 Å². The SMILES string of the molecule is CC(C)[C@H](NC(=O)[C@H]1CS[C@@H]2c3ccccc3C(=O)N12)C(=O)O. The van der Waals surface area contributed by atoms with Crippen LogP contribution in [-0.4, -0.2) is 45.6 Å². The number of benzene rings is 1. The normalized spacial score (nSPS) is 23.6. The van der Waals surface area contributed by atoms with Crippen molar-refractivity contribution in [3.63, 3.8) is 0 Å². The van der Waals surface area contributed by atoms with E-state index in [9.17, 15) is 19.5 Å². The van der Waals surface area contributed by atoms with Crippen molar-refractivity contribution in [2.75, 3.05) is 5.75 Å². The number of hydrogen-bond donors (Lipinski definition) is 2. The molecular weight excluding hydrogens is 316 g/mol. The molecule has 23 heavy (non-hydrogen) atoms. The van der Waals surface area contributed by atoms with E-state index in [0.717, 1.165) is 5.56 Å². The smallest absolute Gasteiger partial charge is 0.326 e. The highest BCUT2D eigenvalue weighted by atomic mass is 32.2. The summed E-state index contributed by atoms with van der Waals surface area (Å²) in [7, 11) is 0. The van der Waals surface area contributed by atoms with Gasteiger partial charge in [0.2, 0.25) is 5.91 Å². The summed E-state index contributed by atoms with van der Waals surface area (Å²) in [4.78, 5) is 37.9. The van der Waals surface area contributed by atoms with Gasteiger partial charge in [0.05, 0.1) is 0 Å². The third-order valence-electron chi connectivity index (χ3n) is 4.23. The number of fused-ring (bicyclic) bond motifs is 3. The number of nitrogens with zero attached hydrogens (tertiary/aromatic N) is 1. The molecule has 0 unspecified atom stereocenters. The highest BCUT2D eigenvalue weighted by Crippen LogP contribution is 2.48. The highest BCUT2D eigenvalue weighted by Gasteiger charge is 2.48. The van der Waals surface area contributed by atoms with Crippen molar-refractivity contribution < 1.29 is 19.5 Å². The summed E-state index contributed by atoms with van der Waals surface area (Å²) in [5.41, 5.74) is 1.55. The molecule has 1 aromatic carbocycles. The van der Waals surface area contributed by atoms with E-state index in [-0.39, 0.29) is 17.2 Å². The fourth-order valence-electron chi connectivity index (χ4n) is 3.01. The zero-order valence-corrected chi connectivity index (χ0v) is 13.7. The summed E-state index contributed by atoms with van der Waals surface area (Å²) in [5, 5.41) is 11.6. The monoisotopic (exact) mass is 334 g/mol. The van der Waals surface area contributed by atoms with E-state index in [1.54, 1.807) is 30.9 Å². The van der Waals surface area contributed by atoms with Gasteiger partial charge in [-0.15, -0.1) is 11.8 Å². The number of aliphatic carboxylic acids is 1. The number of carbonyl (C=O) groups excluding carboxylic acids is 2. The molecule has 2 amide bonds. The lowest BCUT2D eigenvalue weighted by Crippen LogP contribution is -2.52. The third-order valence-corrected chi connectivity index (χ3v) is 5.53. The first-order chi connectivity index (χ1) is 10.9. The van der Waals surface area contributed by atoms with Gasteiger partial charge in [0, 0.05) is 11.3 Å². The van der Waals surface area contributed by atoms with Crippen molar-refractivity contribution in [3.8, 4) is 0 Å². The lowest BCUT2D eigenvalue weighted by Gasteiger charge is -2.25. The van der Waals surface area contributed by atoms with Crippen molar-refractivity contribution >= 4 is 29.5 Å². The van der Waals surface area contributed by atoms with E-state index < -0.39 is 24.0 Å². The van der Waals surface area contributed by atoms with Crippen molar-refractivity contribution in [2.24, 2.45) is 5.92 Å². The van der Waals surface area contributed by atoms with Gasteiger partial charge in [-0.2, -0.15) is 0 Å². The Hall–Kier alpha value is -2.02. The molecule has 1 saturated heterocycles. The fraction of sp³-hybridized carbons (Fsp3) is 0.438. The summed E-state index contributed by atoms with van der Waals surface area (Å²) in [5.74, 6) is -1.38. The van der Waals surface area contributed by atoms with E-state index in [2.05, 4.69) is 5.32 Å². The summed E-state index contributed by atoms with van der Waals surface area (Å²) >= 11 is 1.54. The third kappa shape index (κ3) is 2.59. The second-order valence-corrected chi connectivity index (χ2v) is 7.18. The van der Waals surface area contributed by atoms with Gasteiger partial charge in [0.1, 0.15) is 17.5 Å². The molecule has 1 aromatic rings.